The number of hydrogen-bond acceptors (Lipinski definition) is 3. The average Bonchev–Trinajstić information content (AvgIpc) is 2.54. The second-order valence-corrected chi connectivity index (χ2v) is 3.48. The third-order valence-electron chi connectivity index (χ3n) is 2.49. The highest BCUT2D eigenvalue weighted by Gasteiger charge is 2.13. The molecule has 0 atom stereocenters. The van der Waals surface area contributed by atoms with Crippen LogP contribution in [0.1, 0.15) is 11.3 Å². The zero-order valence-electron chi connectivity index (χ0n) is 8.94. The van der Waals surface area contributed by atoms with Crippen LogP contribution >= 0.6 is 0 Å². The summed E-state index contributed by atoms with van der Waals surface area (Å²) in [4.78, 5) is 4.10. The molecule has 2 heterocycles. The summed E-state index contributed by atoms with van der Waals surface area (Å²) in [5.41, 5.74) is 9.92. The molecule has 78 valence electrons. The Morgan fingerprint density at radius 2 is 2.27 bits per heavy atom. The molecule has 0 aliphatic rings. The number of aryl methyl sites for hydroxylation is 2. The third kappa shape index (κ3) is 1.64. The lowest BCUT2D eigenvalue weighted by atomic mass is 10.1. The predicted octanol–water partition coefficient (Wildman–Crippen LogP) is 1.25. The second kappa shape index (κ2) is 3.82. The maximum Gasteiger partial charge on any atom is 0.0742 e. The molecule has 0 amide bonds. The van der Waals surface area contributed by atoms with Crippen LogP contribution in [0.2, 0.25) is 0 Å². The van der Waals surface area contributed by atoms with E-state index in [1.165, 1.54) is 0 Å². The first-order chi connectivity index (χ1) is 7.24. The molecule has 0 radical (unpaired) electrons. The summed E-state index contributed by atoms with van der Waals surface area (Å²) in [5.74, 6) is 0. The number of rotatable bonds is 2. The number of pyridine rings is 1. The van der Waals surface area contributed by atoms with E-state index in [1.807, 2.05) is 37.0 Å². The van der Waals surface area contributed by atoms with Gasteiger partial charge in [-0.05, 0) is 19.1 Å². The van der Waals surface area contributed by atoms with Crippen molar-refractivity contribution in [1.82, 2.24) is 14.8 Å². The van der Waals surface area contributed by atoms with Crippen LogP contribution in [0.25, 0.3) is 11.3 Å². The van der Waals surface area contributed by atoms with Gasteiger partial charge < -0.3 is 5.73 Å². The van der Waals surface area contributed by atoms with Crippen LogP contribution in [0, 0.1) is 6.92 Å². The monoisotopic (exact) mass is 202 g/mol. The van der Waals surface area contributed by atoms with Crippen molar-refractivity contribution in [2.45, 2.75) is 13.5 Å². The minimum Gasteiger partial charge on any atom is -0.326 e. The molecule has 2 aromatic rings. The molecule has 0 spiro atoms. The second-order valence-electron chi connectivity index (χ2n) is 3.48. The molecular weight excluding hydrogens is 188 g/mol. The van der Waals surface area contributed by atoms with Crippen LogP contribution in [0.15, 0.2) is 24.5 Å². The van der Waals surface area contributed by atoms with Crippen molar-refractivity contribution in [1.29, 1.82) is 0 Å². The topological polar surface area (TPSA) is 56.7 Å². The third-order valence-corrected chi connectivity index (χ3v) is 2.49. The zero-order valence-corrected chi connectivity index (χ0v) is 8.94. The van der Waals surface area contributed by atoms with E-state index >= 15 is 0 Å². The fourth-order valence-electron chi connectivity index (χ4n) is 1.81. The molecule has 0 saturated carbocycles. The molecule has 15 heavy (non-hydrogen) atoms. The van der Waals surface area contributed by atoms with Crippen LogP contribution < -0.4 is 5.73 Å². The number of hydrogen-bond donors (Lipinski definition) is 1. The van der Waals surface area contributed by atoms with Crippen molar-refractivity contribution in [3.05, 3.63) is 35.8 Å². The first kappa shape index (κ1) is 9.86. The van der Waals surface area contributed by atoms with Gasteiger partial charge in [0.15, 0.2) is 0 Å². The highest BCUT2D eigenvalue weighted by Crippen LogP contribution is 2.24. The number of nitrogens with zero attached hydrogens (tertiary/aromatic N) is 3. The lowest BCUT2D eigenvalue weighted by Crippen LogP contribution is -2.00. The molecule has 2 aromatic heterocycles. The van der Waals surface area contributed by atoms with Gasteiger partial charge in [-0.25, -0.2) is 0 Å². The smallest absolute Gasteiger partial charge is 0.0742 e. The van der Waals surface area contributed by atoms with Crippen LogP contribution in [-0.4, -0.2) is 14.8 Å². The molecule has 4 heteroatoms. The van der Waals surface area contributed by atoms with Gasteiger partial charge >= 0.3 is 0 Å². The van der Waals surface area contributed by atoms with E-state index in [1.54, 1.807) is 6.20 Å². The maximum atomic E-state index is 5.73. The standard InChI is InChI=1S/C11H14N4/c1-8-10(6-12)11(15(2)14-8)9-4-3-5-13-7-9/h3-5,7H,6,12H2,1-2H3. The first-order valence-corrected chi connectivity index (χ1v) is 4.87. The Morgan fingerprint density at radius 3 is 2.87 bits per heavy atom. The normalized spacial score (nSPS) is 10.6. The first-order valence-electron chi connectivity index (χ1n) is 4.87. The van der Waals surface area contributed by atoms with Gasteiger partial charge in [0.1, 0.15) is 0 Å². The van der Waals surface area contributed by atoms with E-state index in [9.17, 15) is 0 Å². The van der Waals surface area contributed by atoms with E-state index in [2.05, 4.69) is 10.1 Å². The molecule has 2 N–H and O–H groups in total. The van der Waals surface area contributed by atoms with Gasteiger partial charge in [0.2, 0.25) is 0 Å². The SMILES string of the molecule is Cc1nn(C)c(-c2cccnc2)c1CN. The summed E-state index contributed by atoms with van der Waals surface area (Å²) < 4.78 is 1.86. The summed E-state index contributed by atoms with van der Waals surface area (Å²) >= 11 is 0. The van der Waals surface area contributed by atoms with Crippen LogP contribution in [0.4, 0.5) is 0 Å². The van der Waals surface area contributed by atoms with Crippen molar-refractivity contribution in [3.8, 4) is 11.3 Å². The molecule has 0 aliphatic carbocycles. The van der Waals surface area contributed by atoms with E-state index < -0.39 is 0 Å². The lowest BCUT2D eigenvalue weighted by molar-refractivity contribution is 0.763. The van der Waals surface area contributed by atoms with Gasteiger partial charge in [0.25, 0.3) is 0 Å². The highest BCUT2D eigenvalue weighted by molar-refractivity contribution is 5.63. The van der Waals surface area contributed by atoms with Gasteiger partial charge in [-0.15, -0.1) is 0 Å². The summed E-state index contributed by atoms with van der Waals surface area (Å²) in [5, 5.41) is 4.37. The molecule has 0 saturated heterocycles. The van der Waals surface area contributed by atoms with Crippen LogP contribution in [0.3, 0.4) is 0 Å². The van der Waals surface area contributed by atoms with Gasteiger partial charge in [0, 0.05) is 37.1 Å². The Morgan fingerprint density at radius 1 is 1.47 bits per heavy atom. The van der Waals surface area contributed by atoms with Crippen molar-refractivity contribution < 1.29 is 0 Å². The summed E-state index contributed by atoms with van der Waals surface area (Å²) in [6.07, 6.45) is 3.59. The van der Waals surface area contributed by atoms with E-state index in [-0.39, 0.29) is 0 Å². The van der Waals surface area contributed by atoms with Gasteiger partial charge in [-0.3, -0.25) is 9.67 Å². The van der Waals surface area contributed by atoms with Crippen molar-refractivity contribution in [2.24, 2.45) is 12.8 Å². The quantitative estimate of drug-likeness (QED) is 0.797. The molecule has 0 unspecified atom stereocenters. The van der Waals surface area contributed by atoms with E-state index in [0.717, 1.165) is 22.5 Å². The van der Waals surface area contributed by atoms with E-state index in [0.29, 0.717) is 6.54 Å². The molecule has 2 rings (SSSR count). The Bertz CT molecular complexity index is 459. The van der Waals surface area contributed by atoms with Crippen LogP contribution in [-0.2, 0) is 13.6 Å². The Balaban J connectivity index is 2.62. The molecular formula is C11H14N4. The Kier molecular flexibility index (Phi) is 2.51. The largest absolute Gasteiger partial charge is 0.326 e. The van der Waals surface area contributed by atoms with Crippen LogP contribution in [0.5, 0.6) is 0 Å². The van der Waals surface area contributed by atoms with Crippen molar-refractivity contribution in [3.63, 3.8) is 0 Å². The predicted molar refractivity (Wildman–Crippen MR) is 59.1 cm³/mol. The summed E-state index contributed by atoms with van der Waals surface area (Å²) in [6, 6.07) is 3.93. The molecule has 0 aliphatic heterocycles. The van der Waals surface area contributed by atoms with Crippen molar-refractivity contribution in [2.75, 3.05) is 0 Å². The molecule has 4 nitrogen and oxygen atoms in total. The average molecular weight is 202 g/mol. The van der Waals surface area contributed by atoms with Gasteiger partial charge in [0.05, 0.1) is 11.4 Å². The van der Waals surface area contributed by atoms with E-state index in [4.69, 9.17) is 5.73 Å². The molecule has 0 bridgehead atoms. The summed E-state index contributed by atoms with van der Waals surface area (Å²) in [7, 11) is 1.93. The fraction of sp³-hybridized carbons (Fsp3) is 0.273. The van der Waals surface area contributed by atoms with Gasteiger partial charge in [-0.1, -0.05) is 0 Å². The minimum atomic E-state index is 0.504. The Labute approximate surface area is 88.8 Å². The molecule has 0 aromatic carbocycles. The van der Waals surface area contributed by atoms with Crippen molar-refractivity contribution >= 4 is 0 Å². The number of aromatic nitrogens is 3. The summed E-state index contributed by atoms with van der Waals surface area (Å²) in [6.45, 7) is 2.48. The molecule has 0 fully saturated rings. The maximum absolute atomic E-state index is 5.73. The highest BCUT2D eigenvalue weighted by atomic mass is 15.3. The number of nitrogens with two attached hydrogens (primary N) is 1. The Hall–Kier alpha value is -1.68. The minimum absolute atomic E-state index is 0.504. The zero-order chi connectivity index (χ0) is 10.8. The van der Waals surface area contributed by atoms with Gasteiger partial charge in [-0.2, -0.15) is 5.10 Å². The lowest BCUT2D eigenvalue weighted by Gasteiger charge is -2.04. The fourth-order valence-corrected chi connectivity index (χ4v) is 1.81.